The molecule has 0 spiro atoms. The average Bonchev–Trinajstić information content (AvgIpc) is 2.65. The number of allylic oxidation sites excluding steroid dienone is 1. The fraction of sp³-hybridized carbons (Fsp3) is 0.524. The molecule has 1 rings (SSSR count). The summed E-state index contributed by atoms with van der Waals surface area (Å²) in [4.78, 5) is 22.4. The average molecular weight is 409 g/mol. The minimum absolute atomic E-state index is 0.0314. The molecule has 0 saturated heterocycles. The summed E-state index contributed by atoms with van der Waals surface area (Å²) in [5.41, 5.74) is 0.368. The summed E-state index contributed by atoms with van der Waals surface area (Å²) in [7, 11) is 0. The van der Waals surface area contributed by atoms with Gasteiger partial charge >= 0.3 is 5.97 Å². The number of benzene rings is 1. The van der Waals surface area contributed by atoms with Crippen molar-refractivity contribution >= 4 is 17.6 Å². The number of carboxylic acids is 1. The molecular weight excluding hydrogens is 378 g/mol. The zero-order chi connectivity index (χ0) is 21.5. The highest BCUT2D eigenvalue weighted by Crippen LogP contribution is 2.23. The second-order valence-electron chi connectivity index (χ2n) is 6.51. The highest BCUT2D eigenvalue weighted by atomic mass is 16.7. The van der Waals surface area contributed by atoms with Crippen molar-refractivity contribution in [2.45, 2.75) is 46.0 Å². The van der Waals surface area contributed by atoms with Crippen LogP contribution in [-0.4, -0.2) is 43.8 Å². The predicted octanol–water partition coefficient (Wildman–Crippen LogP) is 4.17. The van der Waals surface area contributed by atoms with Crippen molar-refractivity contribution < 1.29 is 33.6 Å². The summed E-state index contributed by atoms with van der Waals surface area (Å²) in [6.07, 6.45) is 5.08. The first-order valence-corrected chi connectivity index (χ1v) is 9.61. The Bertz CT molecular complexity index is 660. The molecule has 0 radical (unpaired) electrons. The first kappa shape index (κ1) is 24.5. The van der Waals surface area contributed by atoms with E-state index in [2.05, 4.69) is 11.9 Å². The number of carboxylic acid groups (broad SMARTS) is 1. The number of amides is 1. The number of hydrogen-bond donors (Lipinski definition) is 2. The quantitative estimate of drug-likeness (QED) is 0.240. The number of nitrogens with one attached hydrogen (secondary N) is 1. The maximum atomic E-state index is 11.4. The van der Waals surface area contributed by atoms with Crippen LogP contribution in [0.1, 0.15) is 56.3 Å². The van der Waals surface area contributed by atoms with Crippen molar-refractivity contribution in [3.63, 3.8) is 0 Å². The second kappa shape index (κ2) is 14.4. The molecule has 1 amide bonds. The third-order valence-corrected chi connectivity index (χ3v) is 3.79. The van der Waals surface area contributed by atoms with Gasteiger partial charge in [0.1, 0.15) is 11.3 Å². The molecule has 1 aromatic carbocycles. The van der Waals surface area contributed by atoms with Gasteiger partial charge in [0.05, 0.1) is 19.0 Å². The van der Waals surface area contributed by atoms with Gasteiger partial charge in [0.25, 0.3) is 0 Å². The summed E-state index contributed by atoms with van der Waals surface area (Å²) < 4.78 is 21.2. The van der Waals surface area contributed by atoms with E-state index in [1.807, 2.05) is 0 Å². The summed E-state index contributed by atoms with van der Waals surface area (Å²) in [5, 5.41) is 11.8. The van der Waals surface area contributed by atoms with Crippen molar-refractivity contribution in [3.8, 4) is 5.75 Å². The Morgan fingerprint density at radius 2 is 1.62 bits per heavy atom. The number of hydrogen-bond acceptors (Lipinski definition) is 6. The maximum Gasteiger partial charge on any atom is 0.339 e. The van der Waals surface area contributed by atoms with Crippen LogP contribution in [0.25, 0.3) is 0 Å². The molecule has 0 heterocycles. The molecule has 0 aliphatic heterocycles. The normalized spacial score (nSPS) is 10.4. The molecule has 0 unspecified atom stereocenters. The van der Waals surface area contributed by atoms with Crippen molar-refractivity contribution in [2.75, 3.05) is 32.1 Å². The second-order valence-corrected chi connectivity index (χ2v) is 6.51. The largest absolute Gasteiger partial charge is 0.478 e. The van der Waals surface area contributed by atoms with Crippen molar-refractivity contribution in [1.29, 1.82) is 0 Å². The van der Waals surface area contributed by atoms with Crippen LogP contribution < -0.4 is 10.1 Å². The van der Waals surface area contributed by atoms with E-state index in [1.165, 1.54) is 19.1 Å². The van der Waals surface area contributed by atoms with Gasteiger partial charge < -0.3 is 29.4 Å². The molecule has 8 heteroatoms. The Labute approximate surface area is 171 Å². The van der Waals surface area contributed by atoms with E-state index in [4.69, 9.17) is 18.9 Å². The van der Waals surface area contributed by atoms with E-state index in [0.717, 1.165) is 32.1 Å². The predicted molar refractivity (Wildman–Crippen MR) is 109 cm³/mol. The molecule has 0 fully saturated rings. The lowest BCUT2D eigenvalue weighted by Gasteiger charge is -2.11. The molecule has 29 heavy (non-hydrogen) atoms. The van der Waals surface area contributed by atoms with Crippen LogP contribution in [0.2, 0.25) is 0 Å². The van der Waals surface area contributed by atoms with E-state index in [-0.39, 0.29) is 30.8 Å². The van der Waals surface area contributed by atoms with Gasteiger partial charge in [-0.05, 0) is 38.0 Å². The van der Waals surface area contributed by atoms with E-state index >= 15 is 0 Å². The Hall–Kier alpha value is -2.58. The van der Waals surface area contributed by atoms with Gasteiger partial charge in [0.15, 0.2) is 13.6 Å². The highest BCUT2D eigenvalue weighted by Gasteiger charge is 2.13. The zero-order valence-corrected chi connectivity index (χ0v) is 17.2. The fourth-order valence-electron chi connectivity index (χ4n) is 2.41. The molecule has 0 bridgehead atoms. The molecule has 0 saturated carbocycles. The van der Waals surface area contributed by atoms with Crippen LogP contribution in [0.5, 0.6) is 5.75 Å². The van der Waals surface area contributed by atoms with Crippen molar-refractivity contribution in [3.05, 3.63) is 36.1 Å². The summed E-state index contributed by atoms with van der Waals surface area (Å²) >= 11 is 0. The van der Waals surface area contributed by atoms with Gasteiger partial charge in [-0.1, -0.05) is 25.8 Å². The van der Waals surface area contributed by atoms with E-state index < -0.39 is 5.97 Å². The number of aromatic carboxylic acids is 1. The highest BCUT2D eigenvalue weighted by molar-refractivity contribution is 5.95. The standard InChI is InChI=1S/C21H31NO7/c1-16(2)28-14-26-11-7-5-4-6-8-12-27-15-29-20-10-9-18(22-17(3)23)13-19(20)21(24)25/h9-10,13H,1,4-8,11-12,14-15H2,2-3H3,(H,22,23)(H,24,25). The molecule has 162 valence electrons. The Balaban J connectivity index is 2.12. The number of unbranched alkanes of at least 4 members (excludes halogenated alkanes) is 4. The first-order valence-electron chi connectivity index (χ1n) is 9.61. The van der Waals surface area contributed by atoms with Crippen LogP contribution in [0.4, 0.5) is 5.69 Å². The summed E-state index contributed by atoms with van der Waals surface area (Å²) in [5.74, 6) is -0.567. The molecule has 0 aromatic heterocycles. The Kier molecular flexibility index (Phi) is 12.2. The van der Waals surface area contributed by atoms with Gasteiger partial charge in [-0.3, -0.25) is 4.79 Å². The monoisotopic (exact) mass is 409 g/mol. The van der Waals surface area contributed by atoms with Crippen LogP contribution in [-0.2, 0) is 19.0 Å². The minimum atomic E-state index is -1.14. The zero-order valence-electron chi connectivity index (χ0n) is 17.2. The molecule has 8 nitrogen and oxygen atoms in total. The molecular formula is C21H31NO7. The van der Waals surface area contributed by atoms with E-state index in [9.17, 15) is 14.7 Å². The fourth-order valence-corrected chi connectivity index (χ4v) is 2.41. The van der Waals surface area contributed by atoms with Crippen LogP contribution >= 0.6 is 0 Å². The Morgan fingerprint density at radius 1 is 1.00 bits per heavy atom. The smallest absolute Gasteiger partial charge is 0.339 e. The van der Waals surface area contributed by atoms with Gasteiger partial charge in [-0.25, -0.2) is 4.79 Å². The summed E-state index contributed by atoms with van der Waals surface area (Å²) in [6.45, 7) is 8.19. The van der Waals surface area contributed by atoms with E-state index in [0.29, 0.717) is 24.7 Å². The lowest BCUT2D eigenvalue weighted by molar-refractivity contribution is -0.114. The third-order valence-electron chi connectivity index (χ3n) is 3.79. The minimum Gasteiger partial charge on any atom is -0.478 e. The molecule has 2 N–H and O–H groups in total. The number of carbonyl (C=O) groups excluding carboxylic acids is 1. The van der Waals surface area contributed by atoms with Gasteiger partial charge in [0.2, 0.25) is 5.91 Å². The van der Waals surface area contributed by atoms with Crippen molar-refractivity contribution in [2.24, 2.45) is 0 Å². The lowest BCUT2D eigenvalue weighted by atomic mass is 10.1. The van der Waals surface area contributed by atoms with Crippen LogP contribution in [0, 0.1) is 0 Å². The van der Waals surface area contributed by atoms with Gasteiger partial charge in [0, 0.05) is 12.6 Å². The van der Waals surface area contributed by atoms with Gasteiger partial charge in [-0.2, -0.15) is 0 Å². The topological polar surface area (TPSA) is 103 Å². The first-order chi connectivity index (χ1) is 13.9. The third kappa shape index (κ3) is 11.8. The molecule has 0 aliphatic carbocycles. The van der Waals surface area contributed by atoms with Crippen LogP contribution in [0.15, 0.2) is 30.5 Å². The molecule has 0 aliphatic rings. The number of carbonyl (C=O) groups is 2. The SMILES string of the molecule is C=C(C)OCOCCCCCCCOCOc1ccc(NC(C)=O)cc1C(=O)O. The van der Waals surface area contributed by atoms with Crippen LogP contribution in [0.3, 0.4) is 0 Å². The summed E-state index contributed by atoms with van der Waals surface area (Å²) in [6, 6.07) is 4.44. The number of anilines is 1. The maximum absolute atomic E-state index is 11.4. The van der Waals surface area contributed by atoms with Gasteiger partial charge in [-0.15, -0.1) is 0 Å². The molecule has 0 atom stereocenters. The Morgan fingerprint density at radius 3 is 2.21 bits per heavy atom. The van der Waals surface area contributed by atoms with E-state index in [1.54, 1.807) is 13.0 Å². The number of ether oxygens (including phenoxy) is 4. The lowest BCUT2D eigenvalue weighted by Crippen LogP contribution is -2.10. The number of rotatable bonds is 16. The van der Waals surface area contributed by atoms with Crippen molar-refractivity contribution in [1.82, 2.24) is 0 Å². The molecule has 1 aromatic rings.